The molecule has 0 amide bonds. The largest absolute Gasteiger partial charge is 0.361 e. The molecule has 0 saturated heterocycles. The third kappa shape index (κ3) is 4.15. The van der Waals surface area contributed by atoms with E-state index in [1.165, 1.54) is 5.56 Å². The highest BCUT2D eigenvalue weighted by Gasteiger charge is 2.17. The Kier molecular flexibility index (Phi) is 5.95. The maximum Gasteiger partial charge on any atom is 0.141 e. The van der Waals surface area contributed by atoms with E-state index in [0.29, 0.717) is 0 Å². The lowest BCUT2D eigenvalue weighted by molar-refractivity contribution is 0.393. The fourth-order valence-electron chi connectivity index (χ4n) is 3.64. The summed E-state index contributed by atoms with van der Waals surface area (Å²) in [7, 11) is 4.12. The number of rotatable bonds is 7. The second-order valence-corrected chi connectivity index (χ2v) is 7.42. The Labute approximate surface area is 167 Å². The Morgan fingerprint density at radius 3 is 2.54 bits per heavy atom. The van der Waals surface area contributed by atoms with Crippen molar-refractivity contribution < 1.29 is 4.52 Å². The first-order valence-electron chi connectivity index (χ1n) is 9.39. The second kappa shape index (κ2) is 8.40. The molecule has 0 saturated carbocycles. The molecule has 3 rings (SSSR count). The zero-order valence-electron chi connectivity index (χ0n) is 17.4. The zero-order valence-corrected chi connectivity index (χ0v) is 17.4. The number of nitrogens with zero attached hydrogens (tertiary/aromatic N) is 4. The number of hydrogen-bond donors (Lipinski definition) is 0. The van der Waals surface area contributed by atoms with Crippen molar-refractivity contribution in [2.75, 3.05) is 14.1 Å². The molecule has 28 heavy (non-hydrogen) atoms. The molecule has 146 valence electrons. The number of allylic oxidation sites excluding steroid dienone is 1. The summed E-state index contributed by atoms with van der Waals surface area (Å²) in [6, 6.07) is 10.5. The van der Waals surface area contributed by atoms with Gasteiger partial charge < -0.3 is 14.0 Å². The van der Waals surface area contributed by atoms with Gasteiger partial charge in [0, 0.05) is 30.4 Å². The summed E-state index contributed by atoms with van der Waals surface area (Å²) < 4.78 is 7.60. The molecule has 0 aliphatic carbocycles. The summed E-state index contributed by atoms with van der Waals surface area (Å²) in [4.78, 5) is 6.53. The normalized spacial score (nSPS) is 12.0. The van der Waals surface area contributed by atoms with Crippen molar-refractivity contribution in [3.63, 3.8) is 0 Å². The summed E-state index contributed by atoms with van der Waals surface area (Å²) in [5.41, 5.74) is 7.43. The van der Waals surface area contributed by atoms with E-state index in [4.69, 9.17) is 4.52 Å². The van der Waals surface area contributed by atoms with Gasteiger partial charge >= 0.3 is 0 Å². The number of aliphatic imine (C=N–C) groups is 1. The highest BCUT2D eigenvalue weighted by Crippen LogP contribution is 2.33. The molecule has 0 aliphatic rings. The Morgan fingerprint density at radius 2 is 1.96 bits per heavy atom. The molecule has 5 nitrogen and oxygen atoms in total. The number of hydrogen-bond acceptors (Lipinski definition) is 4. The second-order valence-electron chi connectivity index (χ2n) is 7.42. The van der Waals surface area contributed by atoms with Crippen LogP contribution in [0.5, 0.6) is 0 Å². The van der Waals surface area contributed by atoms with Gasteiger partial charge in [-0.25, -0.2) is 0 Å². The SMILES string of the molecule is C=Nc1c(CN(C)C)cn(Cc2ccccc2)c1/C=C(\C)c1c(C)noc1C. The van der Waals surface area contributed by atoms with Crippen LogP contribution >= 0.6 is 0 Å². The van der Waals surface area contributed by atoms with Crippen LogP contribution < -0.4 is 0 Å². The highest BCUT2D eigenvalue weighted by molar-refractivity contribution is 5.85. The van der Waals surface area contributed by atoms with Gasteiger partial charge in [0.05, 0.1) is 17.1 Å². The predicted octanol–water partition coefficient (Wildman–Crippen LogP) is 5.10. The van der Waals surface area contributed by atoms with Gasteiger partial charge in [0.1, 0.15) is 5.76 Å². The van der Waals surface area contributed by atoms with Crippen LogP contribution in [0.2, 0.25) is 0 Å². The summed E-state index contributed by atoms with van der Waals surface area (Å²) in [5.74, 6) is 0.828. The van der Waals surface area contributed by atoms with Crippen LogP contribution in [0.25, 0.3) is 11.6 Å². The lowest BCUT2D eigenvalue weighted by Crippen LogP contribution is -2.10. The third-order valence-electron chi connectivity index (χ3n) is 4.79. The van der Waals surface area contributed by atoms with E-state index >= 15 is 0 Å². The first-order valence-corrected chi connectivity index (χ1v) is 9.39. The Hall–Kier alpha value is -2.92. The summed E-state index contributed by atoms with van der Waals surface area (Å²) in [6.45, 7) is 11.4. The van der Waals surface area contributed by atoms with Gasteiger partial charge in [0.15, 0.2) is 0 Å². The lowest BCUT2D eigenvalue weighted by atomic mass is 10.0. The molecule has 0 spiro atoms. The van der Waals surface area contributed by atoms with Gasteiger partial charge in [0.25, 0.3) is 0 Å². The fraction of sp³-hybridized carbons (Fsp3) is 0.304. The molecular formula is C23H28N4O. The zero-order chi connectivity index (χ0) is 20.3. The van der Waals surface area contributed by atoms with E-state index in [2.05, 4.69) is 83.9 Å². The molecule has 0 fully saturated rings. The van der Waals surface area contributed by atoms with E-state index < -0.39 is 0 Å². The van der Waals surface area contributed by atoms with Crippen LogP contribution in [0.1, 0.15) is 40.8 Å². The molecule has 3 aromatic rings. The monoisotopic (exact) mass is 376 g/mol. The van der Waals surface area contributed by atoms with Gasteiger partial charge in [-0.2, -0.15) is 0 Å². The topological polar surface area (TPSA) is 46.6 Å². The highest BCUT2D eigenvalue weighted by atomic mass is 16.5. The van der Waals surface area contributed by atoms with Crippen LogP contribution in [-0.2, 0) is 13.1 Å². The summed E-state index contributed by atoms with van der Waals surface area (Å²) >= 11 is 0. The Morgan fingerprint density at radius 1 is 1.25 bits per heavy atom. The fourth-order valence-corrected chi connectivity index (χ4v) is 3.64. The average molecular weight is 377 g/mol. The van der Waals surface area contributed by atoms with Gasteiger partial charge in [-0.1, -0.05) is 35.5 Å². The minimum atomic E-state index is 0.775. The molecule has 2 aromatic heterocycles. The molecule has 0 N–H and O–H groups in total. The average Bonchev–Trinajstić information content (AvgIpc) is 3.14. The first-order chi connectivity index (χ1) is 13.4. The number of benzene rings is 1. The smallest absolute Gasteiger partial charge is 0.141 e. The molecule has 0 aliphatic heterocycles. The van der Waals surface area contributed by atoms with Gasteiger partial charge in [-0.3, -0.25) is 4.99 Å². The molecule has 0 bridgehead atoms. The van der Waals surface area contributed by atoms with Crippen molar-refractivity contribution in [1.29, 1.82) is 0 Å². The molecule has 2 heterocycles. The molecule has 1 aromatic carbocycles. The molecule has 0 atom stereocenters. The van der Waals surface area contributed by atoms with Crippen LogP contribution in [0.15, 0.2) is 46.0 Å². The van der Waals surface area contributed by atoms with Gasteiger partial charge in [-0.05, 0) is 58.8 Å². The molecule has 0 radical (unpaired) electrons. The van der Waals surface area contributed by atoms with E-state index in [1.54, 1.807) is 0 Å². The third-order valence-corrected chi connectivity index (χ3v) is 4.79. The lowest BCUT2D eigenvalue weighted by Gasteiger charge is -2.09. The van der Waals surface area contributed by atoms with Crippen molar-refractivity contribution in [1.82, 2.24) is 14.6 Å². The van der Waals surface area contributed by atoms with Crippen molar-refractivity contribution in [2.24, 2.45) is 4.99 Å². The van der Waals surface area contributed by atoms with Crippen molar-refractivity contribution >= 4 is 24.1 Å². The Balaban J connectivity index is 2.12. The molecular weight excluding hydrogens is 348 g/mol. The van der Waals surface area contributed by atoms with Crippen LogP contribution in [0, 0.1) is 13.8 Å². The van der Waals surface area contributed by atoms with E-state index in [0.717, 1.165) is 52.6 Å². The van der Waals surface area contributed by atoms with Gasteiger partial charge in [-0.15, -0.1) is 0 Å². The van der Waals surface area contributed by atoms with Gasteiger partial charge in [0.2, 0.25) is 0 Å². The van der Waals surface area contributed by atoms with Crippen LogP contribution in [0.4, 0.5) is 5.69 Å². The maximum absolute atomic E-state index is 5.35. The van der Waals surface area contributed by atoms with Crippen molar-refractivity contribution in [3.05, 3.63) is 70.4 Å². The minimum absolute atomic E-state index is 0.775. The quantitative estimate of drug-likeness (QED) is 0.539. The molecule has 0 unspecified atom stereocenters. The van der Waals surface area contributed by atoms with Crippen molar-refractivity contribution in [2.45, 2.75) is 33.9 Å². The molecule has 5 heteroatoms. The van der Waals surface area contributed by atoms with Crippen LogP contribution in [0.3, 0.4) is 0 Å². The summed E-state index contributed by atoms with van der Waals surface area (Å²) in [5, 5.41) is 4.09. The number of aromatic nitrogens is 2. The van der Waals surface area contributed by atoms with E-state index in [-0.39, 0.29) is 0 Å². The van der Waals surface area contributed by atoms with Crippen LogP contribution in [-0.4, -0.2) is 35.4 Å². The standard InChI is InChI=1S/C23H28N4O/c1-16(22-17(2)25-28-18(22)3)12-21-23(24-4)20(14-26(5)6)15-27(21)13-19-10-8-7-9-11-19/h7-12,15H,4,13-14H2,1-3,5-6H3/b16-12+. The van der Waals surface area contributed by atoms with Crippen molar-refractivity contribution in [3.8, 4) is 0 Å². The Bertz CT molecular complexity index is 974. The van der Waals surface area contributed by atoms with E-state index in [1.807, 2.05) is 19.9 Å². The minimum Gasteiger partial charge on any atom is -0.361 e. The van der Waals surface area contributed by atoms with E-state index in [9.17, 15) is 0 Å². The first kappa shape index (κ1) is 19.8. The number of aryl methyl sites for hydroxylation is 2. The predicted molar refractivity (Wildman–Crippen MR) is 116 cm³/mol. The summed E-state index contributed by atoms with van der Waals surface area (Å²) in [6.07, 6.45) is 4.35. The maximum atomic E-state index is 5.35.